The van der Waals surface area contributed by atoms with E-state index < -0.39 is 7.12 Å². The molecule has 0 saturated carbocycles. The van der Waals surface area contributed by atoms with Gasteiger partial charge in [0.2, 0.25) is 0 Å². The lowest BCUT2D eigenvalue weighted by atomic mass is 9.77. The van der Waals surface area contributed by atoms with E-state index in [9.17, 15) is 0 Å². The highest BCUT2D eigenvalue weighted by Gasteiger charge is 2.14. The third-order valence-electron chi connectivity index (χ3n) is 2.42. The van der Waals surface area contributed by atoms with E-state index in [1.807, 2.05) is 12.1 Å². The molecule has 1 aliphatic carbocycles. The van der Waals surface area contributed by atoms with Crippen molar-refractivity contribution in [3.05, 3.63) is 28.6 Å². The van der Waals surface area contributed by atoms with E-state index in [0.29, 0.717) is 5.46 Å². The Morgan fingerprint density at radius 3 is 2.79 bits per heavy atom. The Morgan fingerprint density at radius 1 is 1.29 bits per heavy atom. The average molecular weight is 208 g/mol. The Kier molecular flexibility index (Phi) is 2.63. The van der Waals surface area contributed by atoms with E-state index >= 15 is 0 Å². The number of fused-ring (bicyclic) bond motifs is 1. The lowest BCUT2D eigenvalue weighted by molar-refractivity contribution is 0.425. The third kappa shape index (κ3) is 1.59. The smallest absolute Gasteiger partial charge is 0.423 e. The van der Waals surface area contributed by atoms with Crippen LogP contribution in [0.15, 0.2) is 18.2 Å². The van der Waals surface area contributed by atoms with Gasteiger partial charge in [-0.25, -0.2) is 0 Å². The molecule has 0 spiro atoms. The van der Waals surface area contributed by atoms with E-state index in [-0.39, 0.29) is 0 Å². The summed E-state index contributed by atoms with van der Waals surface area (Å²) >= 11 is 6.06. The van der Waals surface area contributed by atoms with Crippen molar-refractivity contribution in [2.75, 3.05) is 0 Å². The molecule has 0 bridgehead atoms. The van der Waals surface area contributed by atoms with Crippen LogP contribution in [0.25, 0.3) is 11.1 Å². The molecule has 0 radical (unpaired) electrons. The fraction of sp³-hybridized carbons (Fsp3) is 0.200. The molecule has 0 heterocycles. The van der Waals surface area contributed by atoms with Crippen LogP contribution in [0.4, 0.5) is 0 Å². The summed E-state index contributed by atoms with van der Waals surface area (Å²) in [6, 6.07) is 5.39. The van der Waals surface area contributed by atoms with E-state index in [1.54, 1.807) is 12.1 Å². The summed E-state index contributed by atoms with van der Waals surface area (Å²) in [6.07, 6.45) is 3.69. The molecule has 1 aliphatic rings. The maximum atomic E-state index is 9.15. The summed E-state index contributed by atoms with van der Waals surface area (Å²) in [5.74, 6) is 0. The van der Waals surface area contributed by atoms with Crippen molar-refractivity contribution in [1.29, 1.82) is 0 Å². The summed E-state index contributed by atoms with van der Waals surface area (Å²) in [4.78, 5) is 0. The maximum Gasteiger partial charge on any atom is 0.489 e. The first kappa shape index (κ1) is 9.78. The van der Waals surface area contributed by atoms with Crippen LogP contribution < -0.4 is 15.9 Å². The van der Waals surface area contributed by atoms with Crippen LogP contribution in [-0.2, 0) is 0 Å². The zero-order chi connectivity index (χ0) is 10.1. The van der Waals surface area contributed by atoms with Crippen molar-refractivity contribution in [3.63, 3.8) is 0 Å². The summed E-state index contributed by atoms with van der Waals surface area (Å²) in [5.41, 5.74) is 0.528. The fourth-order valence-electron chi connectivity index (χ4n) is 1.75. The van der Waals surface area contributed by atoms with Crippen molar-refractivity contribution in [3.8, 4) is 0 Å². The predicted molar refractivity (Wildman–Crippen MR) is 58.5 cm³/mol. The summed E-state index contributed by atoms with van der Waals surface area (Å²) in [6.45, 7) is 0. The van der Waals surface area contributed by atoms with E-state index in [4.69, 9.17) is 21.6 Å². The van der Waals surface area contributed by atoms with Crippen LogP contribution in [0, 0.1) is 0 Å². The van der Waals surface area contributed by atoms with Gasteiger partial charge in [0, 0.05) is 5.03 Å². The van der Waals surface area contributed by atoms with Gasteiger partial charge in [-0.3, -0.25) is 0 Å². The molecule has 1 aromatic rings. The first-order chi connectivity index (χ1) is 6.70. The molecule has 0 saturated heterocycles. The van der Waals surface area contributed by atoms with Crippen molar-refractivity contribution in [2.24, 2.45) is 0 Å². The average Bonchev–Trinajstić information content (AvgIpc) is 2.17. The lowest BCUT2D eigenvalue weighted by Gasteiger charge is -2.08. The summed E-state index contributed by atoms with van der Waals surface area (Å²) in [5, 5.41) is 20.9. The number of halogens is 1. The Bertz CT molecular complexity index is 468. The first-order valence-electron chi connectivity index (χ1n) is 4.54. The molecule has 0 aliphatic heterocycles. The molecular formula is C10H10BClO2. The van der Waals surface area contributed by atoms with E-state index in [2.05, 4.69) is 0 Å². The molecule has 0 atom stereocenters. The molecule has 0 unspecified atom stereocenters. The Morgan fingerprint density at radius 2 is 2.07 bits per heavy atom. The lowest BCUT2D eigenvalue weighted by Crippen LogP contribution is -2.49. The first-order valence-corrected chi connectivity index (χ1v) is 4.92. The largest absolute Gasteiger partial charge is 0.489 e. The Labute approximate surface area is 87.3 Å². The van der Waals surface area contributed by atoms with Crippen LogP contribution in [0.2, 0.25) is 0 Å². The molecule has 2 nitrogen and oxygen atoms in total. The Hall–Kier alpha value is -0.765. The van der Waals surface area contributed by atoms with Gasteiger partial charge in [0.25, 0.3) is 0 Å². The summed E-state index contributed by atoms with van der Waals surface area (Å²) < 4.78 is 0. The highest BCUT2D eigenvalue weighted by molar-refractivity contribution is 6.58. The second-order valence-electron chi connectivity index (χ2n) is 3.33. The van der Waals surface area contributed by atoms with Gasteiger partial charge in [0.15, 0.2) is 0 Å². The second-order valence-corrected chi connectivity index (χ2v) is 3.79. The molecule has 72 valence electrons. The molecule has 1 aromatic carbocycles. The van der Waals surface area contributed by atoms with Crippen LogP contribution in [0.1, 0.15) is 12.8 Å². The molecule has 2 rings (SSSR count). The number of hydrogen-bond donors (Lipinski definition) is 2. The molecule has 0 fully saturated rings. The number of hydrogen-bond acceptors (Lipinski definition) is 2. The highest BCUT2D eigenvalue weighted by atomic mass is 35.5. The third-order valence-corrected chi connectivity index (χ3v) is 2.82. The minimum atomic E-state index is -1.43. The second kappa shape index (κ2) is 3.77. The number of rotatable bonds is 1. The zero-order valence-electron chi connectivity index (χ0n) is 7.57. The SMILES string of the molecule is OB(O)c1cccc2c1=CCCC=2Cl. The quantitative estimate of drug-likeness (QED) is 0.599. The minimum Gasteiger partial charge on any atom is -0.423 e. The summed E-state index contributed by atoms with van der Waals surface area (Å²) in [7, 11) is -1.43. The monoisotopic (exact) mass is 208 g/mol. The van der Waals surface area contributed by atoms with Gasteiger partial charge in [-0.15, -0.1) is 0 Å². The van der Waals surface area contributed by atoms with Gasteiger partial charge in [0.05, 0.1) is 0 Å². The van der Waals surface area contributed by atoms with Crippen molar-refractivity contribution in [1.82, 2.24) is 0 Å². The molecule has 14 heavy (non-hydrogen) atoms. The zero-order valence-corrected chi connectivity index (χ0v) is 8.33. The van der Waals surface area contributed by atoms with Crippen molar-refractivity contribution in [2.45, 2.75) is 12.8 Å². The minimum absolute atomic E-state index is 0.528. The van der Waals surface area contributed by atoms with Crippen molar-refractivity contribution < 1.29 is 10.0 Å². The van der Waals surface area contributed by atoms with E-state index in [0.717, 1.165) is 28.3 Å². The molecule has 2 N–H and O–H groups in total. The van der Waals surface area contributed by atoms with Crippen LogP contribution in [0.5, 0.6) is 0 Å². The standard InChI is InChI=1S/C10H10BClO2/c12-10-6-2-3-7-8(10)4-1-5-9(7)11(13)14/h1,3-5,13-14H,2,6H2. The van der Waals surface area contributed by atoms with Gasteiger partial charge in [-0.2, -0.15) is 0 Å². The fourth-order valence-corrected chi connectivity index (χ4v) is 2.02. The van der Waals surface area contributed by atoms with Gasteiger partial charge >= 0.3 is 7.12 Å². The van der Waals surface area contributed by atoms with E-state index in [1.165, 1.54) is 0 Å². The predicted octanol–water partition coefficient (Wildman–Crippen LogP) is -0.712. The number of benzene rings is 1. The molecule has 4 heteroatoms. The Balaban J connectivity index is 2.81. The normalized spacial score (nSPS) is 14.6. The maximum absolute atomic E-state index is 9.15. The molecule has 0 aromatic heterocycles. The van der Waals surface area contributed by atoms with Crippen LogP contribution in [-0.4, -0.2) is 17.2 Å². The van der Waals surface area contributed by atoms with Crippen LogP contribution >= 0.6 is 11.6 Å². The topological polar surface area (TPSA) is 40.5 Å². The molecule has 0 amide bonds. The molecular weight excluding hydrogens is 198 g/mol. The highest BCUT2D eigenvalue weighted by Crippen LogP contribution is 2.11. The van der Waals surface area contributed by atoms with Gasteiger partial charge in [-0.1, -0.05) is 35.9 Å². The van der Waals surface area contributed by atoms with Gasteiger partial charge in [-0.05, 0) is 28.7 Å². The van der Waals surface area contributed by atoms with Gasteiger partial charge in [0.1, 0.15) is 0 Å². The van der Waals surface area contributed by atoms with Gasteiger partial charge < -0.3 is 10.0 Å². The van der Waals surface area contributed by atoms with Crippen molar-refractivity contribution >= 4 is 35.3 Å². The van der Waals surface area contributed by atoms with Crippen LogP contribution in [0.3, 0.4) is 0 Å².